The summed E-state index contributed by atoms with van der Waals surface area (Å²) in [4.78, 5) is 2.58. The summed E-state index contributed by atoms with van der Waals surface area (Å²) in [5.41, 5.74) is 2.12. The van der Waals surface area contributed by atoms with Crippen LogP contribution in [0.4, 0.5) is 0 Å². The van der Waals surface area contributed by atoms with Crippen LogP contribution in [0.25, 0.3) is 0 Å². The lowest BCUT2D eigenvalue weighted by atomic mass is 9.95. The van der Waals surface area contributed by atoms with Crippen LogP contribution in [0.2, 0.25) is 0 Å². The van der Waals surface area contributed by atoms with Crippen molar-refractivity contribution in [2.45, 2.75) is 18.8 Å². The first-order valence-electron chi connectivity index (χ1n) is 5.63. The Morgan fingerprint density at radius 1 is 1.36 bits per heavy atom. The van der Waals surface area contributed by atoms with E-state index >= 15 is 0 Å². The Balaban J connectivity index is 1.88. The summed E-state index contributed by atoms with van der Waals surface area (Å²) < 4.78 is 0. The molecule has 74 valence electrons. The minimum Gasteiger partial charge on any atom is -0.302 e. The number of benzene rings is 1. The first-order valence-corrected chi connectivity index (χ1v) is 5.63. The second kappa shape index (κ2) is 2.83. The van der Waals surface area contributed by atoms with E-state index in [-0.39, 0.29) is 0 Å². The highest BCUT2D eigenvalue weighted by Gasteiger charge is 2.60. The highest BCUT2D eigenvalue weighted by molar-refractivity contribution is 5.36. The summed E-state index contributed by atoms with van der Waals surface area (Å²) in [5, 5.41) is 0. The van der Waals surface area contributed by atoms with Gasteiger partial charge in [0, 0.05) is 18.5 Å². The summed E-state index contributed by atoms with van der Waals surface area (Å²) in [6.45, 7) is 6.10. The zero-order valence-corrected chi connectivity index (χ0v) is 8.74. The van der Waals surface area contributed by atoms with Crippen molar-refractivity contribution in [1.29, 1.82) is 0 Å². The van der Waals surface area contributed by atoms with Crippen molar-refractivity contribution in [3.05, 3.63) is 35.9 Å². The second-order valence-corrected chi connectivity index (χ2v) is 4.75. The van der Waals surface area contributed by atoms with E-state index in [1.807, 2.05) is 0 Å². The van der Waals surface area contributed by atoms with Gasteiger partial charge in [-0.3, -0.25) is 0 Å². The van der Waals surface area contributed by atoms with Crippen LogP contribution >= 0.6 is 0 Å². The van der Waals surface area contributed by atoms with Crippen LogP contribution in [-0.4, -0.2) is 24.5 Å². The molecule has 1 aliphatic heterocycles. The second-order valence-electron chi connectivity index (χ2n) is 4.75. The monoisotopic (exact) mass is 187 g/mol. The first-order chi connectivity index (χ1) is 6.85. The molecule has 2 atom stereocenters. The molecule has 1 heterocycles. The Morgan fingerprint density at radius 2 is 2.14 bits per heavy atom. The van der Waals surface area contributed by atoms with Gasteiger partial charge in [-0.15, -0.1) is 0 Å². The molecule has 1 nitrogen and oxygen atoms in total. The van der Waals surface area contributed by atoms with Crippen molar-refractivity contribution in [2.75, 3.05) is 19.6 Å². The van der Waals surface area contributed by atoms with Crippen LogP contribution in [0.3, 0.4) is 0 Å². The molecule has 1 aromatic rings. The van der Waals surface area contributed by atoms with Crippen LogP contribution in [-0.2, 0) is 5.41 Å². The molecule has 2 fully saturated rings. The van der Waals surface area contributed by atoms with Gasteiger partial charge in [0.2, 0.25) is 0 Å². The Labute approximate surface area is 85.7 Å². The van der Waals surface area contributed by atoms with Gasteiger partial charge in [0.15, 0.2) is 0 Å². The maximum atomic E-state index is 2.58. The van der Waals surface area contributed by atoms with Crippen LogP contribution in [0.15, 0.2) is 30.3 Å². The summed E-state index contributed by atoms with van der Waals surface area (Å²) >= 11 is 0. The maximum Gasteiger partial charge on any atom is 0.0124 e. The molecule has 1 heteroatoms. The standard InChI is InChI=1S/C13H17N/c1-2-14-9-12-8-13(12,10-14)11-6-4-3-5-7-11/h3-7,12H,2,8-10H2,1H3. The van der Waals surface area contributed by atoms with Gasteiger partial charge in [-0.2, -0.15) is 0 Å². The molecule has 2 aliphatic rings. The van der Waals surface area contributed by atoms with E-state index in [0.29, 0.717) is 5.41 Å². The zero-order valence-electron chi connectivity index (χ0n) is 8.74. The fraction of sp³-hybridized carbons (Fsp3) is 0.538. The summed E-state index contributed by atoms with van der Waals surface area (Å²) in [6.07, 6.45) is 1.42. The molecule has 0 amide bonds. The topological polar surface area (TPSA) is 3.24 Å². The Bertz CT molecular complexity index is 332. The van der Waals surface area contributed by atoms with Crippen molar-refractivity contribution >= 4 is 0 Å². The molecule has 1 aromatic carbocycles. The number of likely N-dealkylation sites (N-methyl/N-ethyl adjacent to an activating group) is 1. The smallest absolute Gasteiger partial charge is 0.0124 e. The minimum absolute atomic E-state index is 0.553. The SMILES string of the molecule is CCN1CC2CC2(c2ccccc2)C1. The van der Waals surface area contributed by atoms with E-state index in [0.717, 1.165) is 5.92 Å². The van der Waals surface area contributed by atoms with Gasteiger partial charge in [-0.05, 0) is 24.4 Å². The van der Waals surface area contributed by atoms with Gasteiger partial charge in [0.05, 0.1) is 0 Å². The molecule has 14 heavy (non-hydrogen) atoms. The predicted octanol–water partition coefficient (Wildman–Crippen LogP) is 2.28. The fourth-order valence-corrected chi connectivity index (χ4v) is 3.04. The van der Waals surface area contributed by atoms with Crippen LogP contribution < -0.4 is 0 Å². The van der Waals surface area contributed by atoms with Crippen molar-refractivity contribution in [3.63, 3.8) is 0 Å². The van der Waals surface area contributed by atoms with Gasteiger partial charge in [-0.25, -0.2) is 0 Å². The third-order valence-electron chi connectivity index (χ3n) is 4.01. The molecule has 1 saturated heterocycles. The lowest BCUT2D eigenvalue weighted by molar-refractivity contribution is 0.314. The highest BCUT2D eigenvalue weighted by Crippen LogP contribution is 2.58. The Kier molecular flexibility index (Phi) is 1.72. The minimum atomic E-state index is 0.553. The molecular formula is C13H17N. The van der Waals surface area contributed by atoms with Crippen molar-refractivity contribution in [1.82, 2.24) is 4.90 Å². The molecule has 0 bridgehead atoms. The van der Waals surface area contributed by atoms with E-state index < -0.39 is 0 Å². The average Bonchev–Trinajstić information content (AvgIpc) is 2.83. The number of likely N-dealkylation sites (tertiary alicyclic amines) is 1. The normalized spacial score (nSPS) is 35.6. The predicted molar refractivity (Wildman–Crippen MR) is 58.3 cm³/mol. The van der Waals surface area contributed by atoms with E-state index in [2.05, 4.69) is 42.2 Å². The molecule has 0 spiro atoms. The molecule has 2 unspecified atom stereocenters. The lowest BCUT2D eigenvalue weighted by Crippen LogP contribution is -2.26. The zero-order chi connectivity index (χ0) is 9.60. The Hall–Kier alpha value is -0.820. The summed E-state index contributed by atoms with van der Waals surface area (Å²) in [5.74, 6) is 0.949. The van der Waals surface area contributed by atoms with Gasteiger partial charge in [-0.1, -0.05) is 37.3 Å². The number of nitrogens with zero attached hydrogens (tertiary/aromatic N) is 1. The van der Waals surface area contributed by atoms with Crippen molar-refractivity contribution < 1.29 is 0 Å². The maximum absolute atomic E-state index is 2.58. The molecule has 0 N–H and O–H groups in total. The third-order valence-corrected chi connectivity index (χ3v) is 4.01. The molecule has 1 aliphatic carbocycles. The largest absolute Gasteiger partial charge is 0.302 e. The number of rotatable bonds is 2. The first kappa shape index (κ1) is 8.49. The molecule has 1 saturated carbocycles. The molecule has 3 rings (SSSR count). The van der Waals surface area contributed by atoms with E-state index in [9.17, 15) is 0 Å². The van der Waals surface area contributed by atoms with Crippen molar-refractivity contribution in [3.8, 4) is 0 Å². The molecular weight excluding hydrogens is 170 g/mol. The Morgan fingerprint density at radius 3 is 2.79 bits per heavy atom. The van der Waals surface area contributed by atoms with E-state index in [1.165, 1.54) is 26.1 Å². The van der Waals surface area contributed by atoms with Gasteiger partial charge in [0.1, 0.15) is 0 Å². The quantitative estimate of drug-likeness (QED) is 0.686. The third kappa shape index (κ3) is 1.05. The number of hydrogen-bond acceptors (Lipinski definition) is 1. The number of fused-ring (bicyclic) bond motifs is 1. The van der Waals surface area contributed by atoms with E-state index in [1.54, 1.807) is 5.56 Å². The van der Waals surface area contributed by atoms with Crippen LogP contribution in [0.1, 0.15) is 18.9 Å². The number of piperidine rings is 1. The van der Waals surface area contributed by atoms with Crippen LogP contribution in [0, 0.1) is 5.92 Å². The summed E-state index contributed by atoms with van der Waals surface area (Å²) in [6, 6.07) is 11.1. The fourth-order valence-electron chi connectivity index (χ4n) is 3.04. The van der Waals surface area contributed by atoms with Gasteiger partial charge >= 0.3 is 0 Å². The van der Waals surface area contributed by atoms with Crippen molar-refractivity contribution in [2.24, 2.45) is 5.92 Å². The van der Waals surface area contributed by atoms with E-state index in [4.69, 9.17) is 0 Å². The summed E-state index contributed by atoms with van der Waals surface area (Å²) in [7, 11) is 0. The van der Waals surface area contributed by atoms with Crippen LogP contribution in [0.5, 0.6) is 0 Å². The lowest BCUT2D eigenvalue weighted by Gasteiger charge is -2.18. The van der Waals surface area contributed by atoms with Gasteiger partial charge < -0.3 is 4.90 Å². The highest BCUT2D eigenvalue weighted by atomic mass is 15.2. The molecule has 0 aromatic heterocycles. The molecule has 0 radical (unpaired) electrons. The number of hydrogen-bond donors (Lipinski definition) is 0. The average molecular weight is 187 g/mol. The van der Waals surface area contributed by atoms with Gasteiger partial charge in [0.25, 0.3) is 0 Å².